The van der Waals surface area contributed by atoms with Crippen LogP contribution in [0, 0.1) is 12.7 Å². The summed E-state index contributed by atoms with van der Waals surface area (Å²) in [5.74, 6) is 0.350. The van der Waals surface area contributed by atoms with Crippen LogP contribution in [0.1, 0.15) is 30.6 Å². The highest BCUT2D eigenvalue weighted by atomic mass is 19.1. The van der Waals surface area contributed by atoms with Crippen molar-refractivity contribution in [2.45, 2.75) is 26.3 Å². The number of benzene rings is 1. The van der Waals surface area contributed by atoms with E-state index >= 15 is 0 Å². The Balaban J connectivity index is 2.18. The van der Waals surface area contributed by atoms with Gasteiger partial charge in [0, 0.05) is 6.04 Å². The van der Waals surface area contributed by atoms with E-state index in [1.165, 1.54) is 0 Å². The quantitative estimate of drug-likeness (QED) is 0.911. The van der Waals surface area contributed by atoms with Gasteiger partial charge < -0.3 is 10.5 Å². The van der Waals surface area contributed by atoms with Gasteiger partial charge >= 0.3 is 0 Å². The summed E-state index contributed by atoms with van der Waals surface area (Å²) in [6, 6.07) is 8.52. The third-order valence-corrected chi connectivity index (χ3v) is 2.96. The number of halogens is 1. The molecule has 0 saturated carbocycles. The minimum Gasteiger partial charge on any atom is -0.453 e. The van der Waals surface area contributed by atoms with Crippen molar-refractivity contribution < 1.29 is 9.13 Å². The Morgan fingerprint density at radius 1 is 1.32 bits per heavy atom. The fourth-order valence-electron chi connectivity index (χ4n) is 1.71. The standard InChI is InChI=1S/C15H17FN2O/c1-3-12(17)13-8-7-11(9-18-13)19-14-6-4-5-10(2)15(14)16/h4-9,12H,3,17H2,1-2H3. The molecule has 0 radical (unpaired) electrons. The molecule has 1 aromatic carbocycles. The first-order chi connectivity index (χ1) is 9.11. The van der Waals surface area contributed by atoms with Gasteiger partial charge in [-0.2, -0.15) is 0 Å². The molecule has 0 aliphatic heterocycles. The van der Waals surface area contributed by atoms with Crippen molar-refractivity contribution in [2.24, 2.45) is 5.73 Å². The van der Waals surface area contributed by atoms with Crippen LogP contribution in [0.2, 0.25) is 0 Å². The molecule has 0 bridgehead atoms. The Kier molecular flexibility index (Phi) is 4.12. The zero-order chi connectivity index (χ0) is 13.8. The lowest BCUT2D eigenvalue weighted by Crippen LogP contribution is -2.10. The summed E-state index contributed by atoms with van der Waals surface area (Å²) in [5.41, 5.74) is 7.23. The molecule has 0 saturated heterocycles. The van der Waals surface area contributed by atoms with Crippen molar-refractivity contribution >= 4 is 0 Å². The fourth-order valence-corrected chi connectivity index (χ4v) is 1.71. The lowest BCUT2D eigenvalue weighted by molar-refractivity contribution is 0.437. The van der Waals surface area contributed by atoms with Gasteiger partial charge in [0.2, 0.25) is 0 Å². The molecule has 0 spiro atoms. The van der Waals surface area contributed by atoms with Gasteiger partial charge in [-0.05, 0) is 37.1 Å². The first-order valence-electron chi connectivity index (χ1n) is 6.26. The Labute approximate surface area is 112 Å². The molecule has 1 unspecified atom stereocenters. The minimum absolute atomic E-state index is 0.0789. The third kappa shape index (κ3) is 3.09. The molecule has 0 aliphatic carbocycles. The maximum Gasteiger partial charge on any atom is 0.168 e. The molecule has 2 aromatic rings. The molecule has 0 aliphatic rings. The Bertz CT molecular complexity index is 555. The lowest BCUT2D eigenvalue weighted by Gasteiger charge is -2.10. The Hall–Kier alpha value is -1.94. The van der Waals surface area contributed by atoms with E-state index in [0.717, 1.165) is 12.1 Å². The maximum atomic E-state index is 13.8. The first-order valence-corrected chi connectivity index (χ1v) is 6.26. The molecular formula is C15H17FN2O. The van der Waals surface area contributed by atoms with Crippen molar-refractivity contribution in [3.8, 4) is 11.5 Å². The maximum absolute atomic E-state index is 13.8. The number of hydrogen-bond acceptors (Lipinski definition) is 3. The van der Waals surface area contributed by atoms with Crippen LogP contribution in [0.25, 0.3) is 0 Å². The largest absolute Gasteiger partial charge is 0.453 e. The monoisotopic (exact) mass is 260 g/mol. The van der Waals surface area contributed by atoms with Gasteiger partial charge in [0.05, 0.1) is 11.9 Å². The van der Waals surface area contributed by atoms with Crippen LogP contribution in [0.3, 0.4) is 0 Å². The van der Waals surface area contributed by atoms with E-state index in [1.807, 2.05) is 6.92 Å². The number of ether oxygens (including phenoxy) is 1. The van der Waals surface area contributed by atoms with Crippen molar-refractivity contribution in [2.75, 3.05) is 0 Å². The van der Waals surface area contributed by atoms with E-state index in [4.69, 9.17) is 10.5 Å². The van der Waals surface area contributed by atoms with Crippen LogP contribution >= 0.6 is 0 Å². The number of rotatable bonds is 4. The summed E-state index contributed by atoms with van der Waals surface area (Å²) < 4.78 is 19.3. The zero-order valence-electron chi connectivity index (χ0n) is 11.1. The summed E-state index contributed by atoms with van der Waals surface area (Å²) in [7, 11) is 0. The van der Waals surface area contributed by atoms with Gasteiger partial charge in [-0.25, -0.2) is 4.39 Å². The van der Waals surface area contributed by atoms with Gasteiger partial charge in [-0.15, -0.1) is 0 Å². The van der Waals surface area contributed by atoms with Crippen LogP contribution in [-0.2, 0) is 0 Å². The number of aryl methyl sites for hydroxylation is 1. The normalized spacial score (nSPS) is 12.2. The lowest BCUT2D eigenvalue weighted by atomic mass is 10.1. The number of pyridine rings is 1. The van der Waals surface area contributed by atoms with Crippen LogP contribution in [0.4, 0.5) is 4.39 Å². The second-order valence-corrected chi connectivity index (χ2v) is 4.42. The summed E-state index contributed by atoms with van der Waals surface area (Å²) in [6.07, 6.45) is 2.38. The van der Waals surface area contributed by atoms with Crippen LogP contribution in [-0.4, -0.2) is 4.98 Å². The highest BCUT2D eigenvalue weighted by molar-refractivity contribution is 5.34. The second kappa shape index (κ2) is 5.80. The molecule has 1 heterocycles. The smallest absolute Gasteiger partial charge is 0.168 e. The summed E-state index contributed by atoms with van der Waals surface area (Å²) in [6.45, 7) is 3.70. The molecule has 0 amide bonds. The van der Waals surface area contributed by atoms with Crippen LogP contribution in [0.5, 0.6) is 11.5 Å². The molecule has 0 fully saturated rings. The zero-order valence-corrected chi connectivity index (χ0v) is 11.1. The van der Waals surface area contributed by atoms with Gasteiger partial charge in [0.15, 0.2) is 11.6 Å². The summed E-state index contributed by atoms with van der Waals surface area (Å²) >= 11 is 0. The highest BCUT2D eigenvalue weighted by Gasteiger charge is 2.08. The van der Waals surface area contributed by atoms with Gasteiger partial charge in [-0.3, -0.25) is 4.98 Å². The average molecular weight is 260 g/mol. The topological polar surface area (TPSA) is 48.1 Å². The summed E-state index contributed by atoms with van der Waals surface area (Å²) in [4.78, 5) is 4.23. The average Bonchev–Trinajstić information content (AvgIpc) is 2.44. The molecule has 2 N–H and O–H groups in total. The van der Waals surface area contributed by atoms with E-state index in [0.29, 0.717) is 11.3 Å². The molecule has 19 heavy (non-hydrogen) atoms. The van der Waals surface area contributed by atoms with Crippen molar-refractivity contribution in [3.63, 3.8) is 0 Å². The third-order valence-electron chi connectivity index (χ3n) is 2.96. The molecule has 2 rings (SSSR count). The van der Waals surface area contributed by atoms with Crippen LogP contribution < -0.4 is 10.5 Å². The summed E-state index contributed by atoms with van der Waals surface area (Å²) in [5, 5.41) is 0. The number of hydrogen-bond donors (Lipinski definition) is 1. The van der Waals surface area contributed by atoms with Gasteiger partial charge in [0.25, 0.3) is 0 Å². The van der Waals surface area contributed by atoms with E-state index < -0.39 is 0 Å². The molecule has 1 atom stereocenters. The fraction of sp³-hybridized carbons (Fsp3) is 0.267. The second-order valence-electron chi connectivity index (χ2n) is 4.42. The van der Waals surface area contributed by atoms with Crippen LogP contribution in [0.15, 0.2) is 36.5 Å². The molecule has 3 nitrogen and oxygen atoms in total. The predicted octanol–water partition coefficient (Wildman–Crippen LogP) is 3.73. The molecular weight excluding hydrogens is 243 g/mol. The number of nitrogens with zero attached hydrogens (tertiary/aromatic N) is 1. The van der Waals surface area contributed by atoms with E-state index in [-0.39, 0.29) is 17.6 Å². The Morgan fingerprint density at radius 2 is 2.11 bits per heavy atom. The first kappa shape index (κ1) is 13.5. The van der Waals surface area contributed by atoms with Crippen molar-refractivity contribution in [1.82, 2.24) is 4.98 Å². The van der Waals surface area contributed by atoms with E-state index in [2.05, 4.69) is 4.98 Å². The minimum atomic E-state index is -0.350. The highest BCUT2D eigenvalue weighted by Crippen LogP contribution is 2.26. The molecule has 100 valence electrons. The molecule has 4 heteroatoms. The SMILES string of the molecule is CCC(N)c1ccc(Oc2cccc(C)c2F)cn1. The Morgan fingerprint density at radius 3 is 2.74 bits per heavy atom. The van der Waals surface area contributed by atoms with E-state index in [1.54, 1.807) is 43.5 Å². The predicted molar refractivity (Wildman–Crippen MR) is 72.7 cm³/mol. The van der Waals surface area contributed by atoms with Gasteiger partial charge in [0.1, 0.15) is 5.75 Å². The van der Waals surface area contributed by atoms with Crippen molar-refractivity contribution in [3.05, 3.63) is 53.6 Å². The van der Waals surface area contributed by atoms with E-state index in [9.17, 15) is 4.39 Å². The van der Waals surface area contributed by atoms with Gasteiger partial charge in [-0.1, -0.05) is 19.1 Å². The number of aromatic nitrogens is 1. The molecule has 1 aromatic heterocycles. The van der Waals surface area contributed by atoms with Crippen molar-refractivity contribution in [1.29, 1.82) is 0 Å². The number of nitrogens with two attached hydrogens (primary N) is 1.